The molecular weight excluding hydrogens is 198 g/mol. The average Bonchev–Trinajstić information content (AvgIpc) is 2.26. The molecule has 0 amide bonds. The minimum Gasteiger partial charge on any atom is -0.413 e. The van der Waals surface area contributed by atoms with Gasteiger partial charge in [-0.1, -0.05) is 6.58 Å². The fraction of sp³-hybridized carbons (Fsp3) is 0.600. The first-order valence-electron chi connectivity index (χ1n) is 4.62. The Morgan fingerprint density at radius 3 is 2.60 bits per heavy atom. The Balaban J connectivity index is 4.57. The van der Waals surface area contributed by atoms with Gasteiger partial charge in [0.15, 0.2) is 0 Å². The van der Waals surface area contributed by atoms with Crippen LogP contribution in [0.2, 0.25) is 0 Å². The van der Waals surface area contributed by atoms with Crippen molar-refractivity contribution in [1.82, 2.24) is 0 Å². The van der Waals surface area contributed by atoms with E-state index >= 15 is 0 Å². The van der Waals surface area contributed by atoms with E-state index in [0.717, 1.165) is 6.08 Å². The van der Waals surface area contributed by atoms with Crippen LogP contribution in [0.3, 0.4) is 0 Å². The number of rotatable bonds is 7. The van der Waals surface area contributed by atoms with Crippen molar-refractivity contribution in [2.45, 2.75) is 19.6 Å². The van der Waals surface area contributed by atoms with E-state index in [1.807, 2.05) is 0 Å². The van der Waals surface area contributed by atoms with Crippen LogP contribution >= 0.6 is 0 Å². The zero-order chi connectivity index (χ0) is 11.7. The second-order valence-corrected chi connectivity index (χ2v) is 2.56. The van der Waals surface area contributed by atoms with Crippen LogP contribution in [0, 0.1) is 11.3 Å². The first kappa shape index (κ1) is 13.6. The molecule has 0 aliphatic heterocycles. The summed E-state index contributed by atoms with van der Waals surface area (Å²) in [6.45, 7) is 7.23. The Bertz CT molecular complexity index is 259. The number of hydrogen-bond acceptors (Lipinski definition) is 5. The molecule has 0 N–H and O–H groups in total. The molecular formula is C10H15NO4. The lowest BCUT2D eigenvalue weighted by Gasteiger charge is -2.24. The standard InChI is InChI=1S/C10H15NO4/c1-4-9(12)15-10(7-11,14-6-3)8-13-5-2/h4H,1,5-6,8H2,2-3H3. The van der Waals surface area contributed by atoms with Crippen molar-refractivity contribution in [3.8, 4) is 6.07 Å². The number of hydrogen-bond donors (Lipinski definition) is 0. The molecule has 0 rings (SSSR count). The van der Waals surface area contributed by atoms with Crippen molar-refractivity contribution >= 4 is 5.97 Å². The van der Waals surface area contributed by atoms with E-state index in [4.69, 9.17) is 19.5 Å². The van der Waals surface area contributed by atoms with Crippen LogP contribution in [0.25, 0.3) is 0 Å². The maximum atomic E-state index is 11.0. The van der Waals surface area contributed by atoms with Crippen LogP contribution in [0.5, 0.6) is 0 Å². The van der Waals surface area contributed by atoms with Gasteiger partial charge in [-0.05, 0) is 13.8 Å². The van der Waals surface area contributed by atoms with Gasteiger partial charge in [0.2, 0.25) is 0 Å². The summed E-state index contributed by atoms with van der Waals surface area (Å²) in [7, 11) is 0. The van der Waals surface area contributed by atoms with Crippen molar-refractivity contribution in [2.75, 3.05) is 19.8 Å². The van der Waals surface area contributed by atoms with Crippen LogP contribution in [0.1, 0.15) is 13.8 Å². The van der Waals surface area contributed by atoms with E-state index in [9.17, 15) is 4.79 Å². The van der Waals surface area contributed by atoms with Crippen LogP contribution < -0.4 is 0 Å². The first-order chi connectivity index (χ1) is 7.14. The highest BCUT2D eigenvalue weighted by Gasteiger charge is 2.35. The summed E-state index contributed by atoms with van der Waals surface area (Å²) in [5.74, 6) is -2.39. The highest BCUT2D eigenvalue weighted by atomic mass is 16.7. The molecule has 0 aliphatic carbocycles. The number of nitrogens with zero attached hydrogens (tertiary/aromatic N) is 1. The molecule has 0 fully saturated rings. The Morgan fingerprint density at radius 2 is 2.20 bits per heavy atom. The minimum absolute atomic E-state index is 0.118. The maximum Gasteiger partial charge on any atom is 0.333 e. The van der Waals surface area contributed by atoms with Crippen LogP contribution in [-0.2, 0) is 19.0 Å². The van der Waals surface area contributed by atoms with Crippen molar-refractivity contribution in [2.24, 2.45) is 0 Å². The van der Waals surface area contributed by atoms with E-state index < -0.39 is 11.8 Å². The fourth-order valence-corrected chi connectivity index (χ4v) is 0.862. The normalized spacial score (nSPS) is 13.7. The smallest absolute Gasteiger partial charge is 0.333 e. The fourth-order valence-electron chi connectivity index (χ4n) is 0.862. The predicted octanol–water partition coefficient (Wildman–Crippen LogP) is 1.01. The van der Waals surface area contributed by atoms with Gasteiger partial charge >= 0.3 is 11.8 Å². The average molecular weight is 213 g/mol. The van der Waals surface area contributed by atoms with Gasteiger partial charge in [-0.3, -0.25) is 0 Å². The number of carbonyl (C=O) groups is 1. The molecule has 1 unspecified atom stereocenters. The van der Waals surface area contributed by atoms with E-state index in [-0.39, 0.29) is 13.2 Å². The van der Waals surface area contributed by atoms with Gasteiger partial charge in [-0.2, -0.15) is 5.26 Å². The zero-order valence-electron chi connectivity index (χ0n) is 8.99. The minimum atomic E-state index is -1.67. The molecule has 15 heavy (non-hydrogen) atoms. The molecule has 0 aliphatic rings. The highest BCUT2D eigenvalue weighted by Crippen LogP contribution is 2.13. The van der Waals surface area contributed by atoms with Gasteiger partial charge in [0.1, 0.15) is 12.7 Å². The van der Waals surface area contributed by atoms with Gasteiger partial charge in [0.25, 0.3) is 0 Å². The lowest BCUT2D eigenvalue weighted by Crippen LogP contribution is -2.41. The molecule has 0 radical (unpaired) electrons. The summed E-state index contributed by atoms with van der Waals surface area (Å²) in [6, 6.07) is 1.78. The molecule has 5 nitrogen and oxygen atoms in total. The van der Waals surface area contributed by atoms with Crippen molar-refractivity contribution < 1.29 is 19.0 Å². The predicted molar refractivity (Wildman–Crippen MR) is 52.8 cm³/mol. The van der Waals surface area contributed by atoms with Gasteiger partial charge in [0, 0.05) is 19.3 Å². The molecule has 5 heteroatoms. The summed E-state index contributed by atoms with van der Waals surface area (Å²) in [6.07, 6.45) is 0.969. The SMILES string of the molecule is C=CC(=O)OC(C#N)(COCC)OCC. The third-order valence-electron chi connectivity index (χ3n) is 1.48. The van der Waals surface area contributed by atoms with E-state index in [1.54, 1.807) is 19.9 Å². The Kier molecular flexibility index (Phi) is 6.34. The molecule has 0 saturated heterocycles. The molecule has 0 aromatic rings. The van der Waals surface area contributed by atoms with Gasteiger partial charge in [-0.15, -0.1) is 0 Å². The van der Waals surface area contributed by atoms with Gasteiger partial charge in [-0.25, -0.2) is 4.79 Å². The Hall–Kier alpha value is -1.38. The topological polar surface area (TPSA) is 68.6 Å². The first-order valence-corrected chi connectivity index (χ1v) is 4.62. The summed E-state index contributed by atoms with van der Waals surface area (Å²) in [5.41, 5.74) is 0. The molecule has 1 atom stereocenters. The van der Waals surface area contributed by atoms with Crippen LogP contribution in [0.4, 0.5) is 0 Å². The largest absolute Gasteiger partial charge is 0.413 e. The molecule has 0 bridgehead atoms. The summed E-state index contributed by atoms with van der Waals surface area (Å²) in [5, 5.41) is 8.91. The number of ether oxygens (including phenoxy) is 3. The number of carbonyl (C=O) groups excluding carboxylic acids is 1. The molecule has 0 saturated carbocycles. The van der Waals surface area contributed by atoms with Crippen molar-refractivity contribution in [3.05, 3.63) is 12.7 Å². The monoisotopic (exact) mass is 213 g/mol. The molecule has 0 aromatic heterocycles. The van der Waals surface area contributed by atoms with Gasteiger partial charge < -0.3 is 14.2 Å². The van der Waals surface area contributed by atoms with E-state index in [2.05, 4.69) is 6.58 Å². The molecule has 0 heterocycles. The van der Waals surface area contributed by atoms with Crippen molar-refractivity contribution in [1.29, 1.82) is 5.26 Å². The van der Waals surface area contributed by atoms with Crippen LogP contribution in [0.15, 0.2) is 12.7 Å². The Labute approximate surface area is 89.2 Å². The zero-order valence-corrected chi connectivity index (χ0v) is 8.99. The summed E-state index contributed by atoms with van der Waals surface area (Å²) in [4.78, 5) is 11.0. The van der Waals surface area contributed by atoms with Crippen LogP contribution in [-0.4, -0.2) is 31.6 Å². The lowest BCUT2D eigenvalue weighted by atomic mass is 10.3. The maximum absolute atomic E-state index is 11.0. The molecule has 0 spiro atoms. The molecule has 84 valence electrons. The second kappa shape index (κ2) is 6.98. The van der Waals surface area contributed by atoms with Crippen molar-refractivity contribution in [3.63, 3.8) is 0 Å². The number of esters is 1. The number of nitriles is 1. The summed E-state index contributed by atoms with van der Waals surface area (Å²) >= 11 is 0. The van der Waals surface area contributed by atoms with Gasteiger partial charge in [0.05, 0.1) is 0 Å². The Morgan fingerprint density at radius 1 is 1.53 bits per heavy atom. The third-order valence-corrected chi connectivity index (χ3v) is 1.48. The van der Waals surface area contributed by atoms with E-state index in [1.165, 1.54) is 0 Å². The second-order valence-electron chi connectivity index (χ2n) is 2.56. The quantitative estimate of drug-likeness (QED) is 0.358. The third kappa shape index (κ3) is 4.58. The lowest BCUT2D eigenvalue weighted by molar-refractivity contribution is -0.217. The van der Waals surface area contributed by atoms with E-state index in [0.29, 0.717) is 6.61 Å². The molecule has 0 aromatic carbocycles. The highest BCUT2D eigenvalue weighted by molar-refractivity contribution is 5.81. The summed E-state index contributed by atoms with van der Waals surface area (Å²) < 4.78 is 14.9.